The van der Waals surface area contributed by atoms with Crippen molar-refractivity contribution in [3.8, 4) is 11.1 Å². The maximum absolute atomic E-state index is 13.5. The lowest BCUT2D eigenvalue weighted by atomic mass is 10.0. The van der Waals surface area contributed by atoms with Gasteiger partial charge in [-0.25, -0.2) is 9.38 Å². The van der Waals surface area contributed by atoms with Crippen LogP contribution in [0.15, 0.2) is 59.7 Å². The molecule has 32 heavy (non-hydrogen) atoms. The minimum Gasteiger partial charge on any atom is -0.388 e. The Bertz CT molecular complexity index is 1150. The molecule has 0 unspecified atom stereocenters. The van der Waals surface area contributed by atoms with Crippen LogP contribution in [0, 0.1) is 5.82 Å². The summed E-state index contributed by atoms with van der Waals surface area (Å²) < 4.78 is 21.1. The predicted octanol–water partition coefficient (Wildman–Crippen LogP) is 4.09. The molecule has 1 saturated heterocycles. The molecule has 1 fully saturated rings. The smallest absolute Gasteiger partial charge is 0.164 e. The van der Waals surface area contributed by atoms with Gasteiger partial charge in [-0.05, 0) is 48.9 Å². The molecule has 7 nitrogen and oxygen atoms in total. The van der Waals surface area contributed by atoms with Crippen LogP contribution >= 0.6 is 11.6 Å². The highest BCUT2D eigenvalue weighted by molar-refractivity contribution is 6.30. The Balaban J connectivity index is 1.52. The number of hydrogen-bond donors (Lipinski definition) is 3. The molecule has 5 rings (SSSR count). The molecule has 1 aromatic heterocycles. The first-order valence-corrected chi connectivity index (χ1v) is 10.6. The molecule has 0 bridgehead atoms. The van der Waals surface area contributed by atoms with Crippen LogP contribution in [0.3, 0.4) is 0 Å². The zero-order valence-corrected chi connectivity index (χ0v) is 17.9. The Morgan fingerprint density at radius 2 is 1.81 bits per heavy atom. The number of aromatic nitrogens is 1. The van der Waals surface area contributed by atoms with Gasteiger partial charge in [0.1, 0.15) is 30.2 Å². The van der Waals surface area contributed by atoms with Crippen LogP contribution in [-0.2, 0) is 11.3 Å². The van der Waals surface area contributed by atoms with E-state index in [0.717, 1.165) is 22.4 Å². The molecule has 0 aliphatic carbocycles. The van der Waals surface area contributed by atoms with Gasteiger partial charge >= 0.3 is 0 Å². The largest absolute Gasteiger partial charge is 0.388 e. The van der Waals surface area contributed by atoms with E-state index in [-0.39, 0.29) is 5.82 Å². The quantitative estimate of drug-likeness (QED) is 0.551. The molecule has 4 atom stereocenters. The van der Waals surface area contributed by atoms with Gasteiger partial charge in [0.25, 0.3) is 0 Å². The maximum Gasteiger partial charge on any atom is 0.164 e. The van der Waals surface area contributed by atoms with E-state index in [9.17, 15) is 14.6 Å². The number of benzene rings is 2. The number of nitrogens with zero attached hydrogens (tertiary/aromatic N) is 3. The van der Waals surface area contributed by atoms with Gasteiger partial charge in [0.2, 0.25) is 0 Å². The van der Waals surface area contributed by atoms with E-state index >= 15 is 0 Å². The number of anilines is 1. The van der Waals surface area contributed by atoms with Gasteiger partial charge in [-0.15, -0.1) is 0 Å². The second-order valence-electron chi connectivity index (χ2n) is 7.96. The number of hydrazine groups is 1. The van der Waals surface area contributed by atoms with Gasteiger partial charge in [-0.3, -0.25) is 10.4 Å². The van der Waals surface area contributed by atoms with E-state index in [4.69, 9.17) is 16.3 Å². The minimum absolute atomic E-state index is 0.322. The average Bonchev–Trinajstić information content (AvgIpc) is 3.28. The van der Waals surface area contributed by atoms with Crippen molar-refractivity contribution in [2.24, 2.45) is 4.99 Å². The van der Waals surface area contributed by atoms with Crippen LogP contribution in [0.5, 0.6) is 0 Å². The number of aliphatic imine (C=N–C) groups is 1. The minimum atomic E-state index is -1.09. The Kier molecular flexibility index (Phi) is 5.38. The number of aliphatic hydroxyl groups excluding tert-OH is 2. The summed E-state index contributed by atoms with van der Waals surface area (Å²) in [6.07, 6.45) is 0.0998. The van der Waals surface area contributed by atoms with E-state index in [1.54, 1.807) is 42.1 Å². The molecular weight excluding hydrogens is 435 g/mol. The third-order valence-electron chi connectivity index (χ3n) is 5.78. The predicted molar refractivity (Wildman–Crippen MR) is 120 cm³/mol. The lowest BCUT2D eigenvalue weighted by Crippen LogP contribution is -2.31. The van der Waals surface area contributed by atoms with E-state index in [2.05, 4.69) is 10.4 Å². The monoisotopic (exact) mass is 456 g/mol. The molecule has 166 valence electrons. The van der Waals surface area contributed by atoms with E-state index in [0.29, 0.717) is 17.4 Å². The summed E-state index contributed by atoms with van der Waals surface area (Å²) >= 11 is 5.97. The fourth-order valence-corrected chi connectivity index (χ4v) is 4.20. The summed E-state index contributed by atoms with van der Waals surface area (Å²) in [5.74, 6) is 0.293. The number of nitrogens with one attached hydrogen (secondary N) is 1. The van der Waals surface area contributed by atoms with E-state index in [1.165, 1.54) is 12.1 Å². The molecule has 0 saturated carbocycles. The topological polar surface area (TPSA) is 82.2 Å². The lowest BCUT2D eigenvalue weighted by Gasteiger charge is -2.26. The average molecular weight is 457 g/mol. The first-order chi connectivity index (χ1) is 15.4. The van der Waals surface area contributed by atoms with Crippen LogP contribution in [0.4, 0.5) is 15.9 Å². The van der Waals surface area contributed by atoms with Gasteiger partial charge in [0.15, 0.2) is 6.23 Å². The first kappa shape index (κ1) is 21.0. The fourth-order valence-electron chi connectivity index (χ4n) is 4.08. The molecule has 0 radical (unpaired) electrons. The summed E-state index contributed by atoms with van der Waals surface area (Å²) in [6.45, 7) is 2.17. The molecule has 3 N–H and O–H groups in total. The Morgan fingerprint density at radius 1 is 1.09 bits per heavy atom. The molecular formula is C23H22ClFN4O3. The lowest BCUT2D eigenvalue weighted by molar-refractivity contribution is -0.0308. The standard InChI is InChI=1S/C23H22ClFN4O3/c1-13-20(30)21(31)23(32-13)29-11-18(14-2-6-16(25)7-3-14)19-10-28(12-26-22(19)29)27-17-8-4-15(24)5-9-17/h2-9,11-13,20-21,23,27,30-31H,10H2,1H3/t13-,20-,21-,23-/m1/s1. The van der Waals surface area contributed by atoms with Crippen molar-refractivity contribution in [3.63, 3.8) is 0 Å². The molecule has 2 aliphatic rings. The van der Waals surface area contributed by atoms with Crippen LogP contribution in [0.2, 0.25) is 5.02 Å². The van der Waals surface area contributed by atoms with Crippen molar-refractivity contribution >= 4 is 29.4 Å². The third-order valence-corrected chi connectivity index (χ3v) is 6.03. The van der Waals surface area contributed by atoms with Gasteiger partial charge < -0.3 is 19.5 Å². The van der Waals surface area contributed by atoms with Crippen LogP contribution < -0.4 is 5.43 Å². The highest BCUT2D eigenvalue weighted by atomic mass is 35.5. The van der Waals surface area contributed by atoms with E-state index < -0.39 is 24.5 Å². The van der Waals surface area contributed by atoms with Crippen molar-refractivity contribution < 1.29 is 19.3 Å². The summed E-state index contributed by atoms with van der Waals surface area (Å²) in [5.41, 5.74) is 6.65. The van der Waals surface area contributed by atoms with Crippen molar-refractivity contribution in [3.05, 3.63) is 71.1 Å². The molecule has 0 amide bonds. The zero-order chi connectivity index (χ0) is 22.4. The number of halogens is 2. The number of ether oxygens (including phenoxy) is 1. The first-order valence-electron chi connectivity index (χ1n) is 10.2. The van der Waals surface area contributed by atoms with Gasteiger partial charge in [-0.2, -0.15) is 0 Å². The summed E-state index contributed by atoms with van der Waals surface area (Å²) in [7, 11) is 0. The van der Waals surface area contributed by atoms with Crippen LogP contribution in [-0.4, -0.2) is 44.4 Å². The normalized spacial score (nSPS) is 24.6. The van der Waals surface area contributed by atoms with Gasteiger partial charge in [0.05, 0.1) is 18.3 Å². The van der Waals surface area contributed by atoms with Crippen LogP contribution in [0.25, 0.3) is 11.1 Å². The van der Waals surface area contributed by atoms with Crippen molar-refractivity contribution in [2.75, 3.05) is 5.43 Å². The number of hydrogen-bond acceptors (Lipinski definition) is 6. The van der Waals surface area contributed by atoms with Gasteiger partial charge in [-0.1, -0.05) is 23.7 Å². The Hall–Kier alpha value is -2.91. The second-order valence-corrected chi connectivity index (χ2v) is 8.40. The molecule has 3 heterocycles. The Morgan fingerprint density at radius 3 is 2.47 bits per heavy atom. The van der Waals surface area contributed by atoms with E-state index in [1.807, 2.05) is 23.3 Å². The molecule has 9 heteroatoms. The molecule has 0 spiro atoms. The van der Waals surface area contributed by atoms with Crippen LogP contribution in [0.1, 0.15) is 18.7 Å². The highest BCUT2D eigenvalue weighted by Gasteiger charge is 2.42. The fraction of sp³-hybridized carbons (Fsp3) is 0.261. The second kappa shape index (κ2) is 8.22. The molecule has 2 aromatic carbocycles. The summed E-state index contributed by atoms with van der Waals surface area (Å²) in [4.78, 5) is 4.61. The molecule has 3 aromatic rings. The number of rotatable bonds is 4. The number of fused-ring (bicyclic) bond motifs is 1. The Labute approximate surface area is 189 Å². The summed E-state index contributed by atoms with van der Waals surface area (Å²) in [5, 5.41) is 23.2. The number of aliphatic hydroxyl groups is 2. The third kappa shape index (κ3) is 3.75. The highest BCUT2D eigenvalue weighted by Crippen LogP contribution is 2.41. The SMILES string of the molecule is C[C@H]1O[C@@H](n2cc(-c3ccc(F)cc3)c3c2N=CN(Nc2ccc(Cl)cc2)C3)[C@H](O)[C@@H]1O. The van der Waals surface area contributed by atoms with Crippen molar-refractivity contribution in [1.82, 2.24) is 9.58 Å². The maximum atomic E-state index is 13.5. The molecule has 2 aliphatic heterocycles. The van der Waals surface area contributed by atoms with Crippen molar-refractivity contribution in [1.29, 1.82) is 0 Å². The summed E-state index contributed by atoms with van der Waals surface area (Å²) in [6, 6.07) is 13.5. The van der Waals surface area contributed by atoms with Crippen molar-refractivity contribution in [2.45, 2.75) is 38.0 Å². The zero-order valence-electron chi connectivity index (χ0n) is 17.2. The van der Waals surface area contributed by atoms with Gasteiger partial charge in [0, 0.05) is 22.3 Å².